The molecule has 0 atom stereocenters. The van der Waals surface area contributed by atoms with Crippen molar-refractivity contribution in [2.24, 2.45) is 5.92 Å². The molecule has 0 bridgehead atoms. The van der Waals surface area contributed by atoms with E-state index in [9.17, 15) is 27.7 Å². The van der Waals surface area contributed by atoms with E-state index < -0.39 is 44.1 Å². The smallest absolute Gasteiger partial charge is 0.314 e. The van der Waals surface area contributed by atoms with E-state index in [4.69, 9.17) is 10.00 Å². The van der Waals surface area contributed by atoms with Crippen molar-refractivity contribution in [2.45, 2.75) is 17.7 Å². The summed E-state index contributed by atoms with van der Waals surface area (Å²) < 4.78 is 45.3. The maximum atomic E-state index is 13.4. The molecule has 11 heteroatoms. The predicted octanol–water partition coefficient (Wildman–Crippen LogP) is 2.61. The number of nitrogens with zero attached hydrogens (tertiary/aromatic N) is 3. The fraction of sp³-hybridized carbons (Fsp3) is 0.263. The van der Waals surface area contributed by atoms with Gasteiger partial charge < -0.3 is 4.74 Å². The van der Waals surface area contributed by atoms with Gasteiger partial charge in [0.25, 0.3) is 0 Å². The summed E-state index contributed by atoms with van der Waals surface area (Å²) in [4.78, 5) is 22.5. The van der Waals surface area contributed by atoms with E-state index >= 15 is 0 Å². The van der Waals surface area contributed by atoms with E-state index in [-0.39, 0.29) is 36.4 Å². The number of nitro groups is 1. The Morgan fingerprint density at radius 2 is 1.90 bits per heavy atom. The highest BCUT2D eigenvalue weighted by Gasteiger charge is 2.34. The summed E-state index contributed by atoms with van der Waals surface area (Å²) in [6.07, 6.45) is 0.242. The Labute approximate surface area is 171 Å². The molecule has 0 spiro atoms. The molecule has 30 heavy (non-hydrogen) atoms. The van der Waals surface area contributed by atoms with Crippen LogP contribution in [0.4, 0.5) is 10.1 Å². The Morgan fingerprint density at radius 3 is 2.53 bits per heavy atom. The zero-order valence-corrected chi connectivity index (χ0v) is 16.3. The molecule has 2 aromatic rings. The largest absolute Gasteiger partial charge is 0.419 e. The Kier molecular flexibility index (Phi) is 6.09. The number of sulfonamides is 1. The van der Waals surface area contributed by atoms with Crippen LogP contribution in [0, 0.1) is 33.2 Å². The zero-order chi connectivity index (χ0) is 21.9. The molecule has 2 aromatic carbocycles. The summed E-state index contributed by atoms with van der Waals surface area (Å²) in [7, 11) is -3.92. The van der Waals surface area contributed by atoms with Gasteiger partial charge in [0.2, 0.25) is 15.8 Å². The molecule has 0 saturated carbocycles. The molecule has 0 N–H and O–H groups in total. The van der Waals surface area contributed by atoms with E-state index in [0.717, 1.165) is 18.2 Å². The number of hydrogen-bond donors (Lipinski definition) is 0. The summed E-state index contributed by atoms with van der Waals surface area (Å²) in [5.74, 6) is -2.79. The molecule has 1 heterocycles. The normalized spacial score (nSPS) is 15.3. The van der Waals surface area contributed by atoms with Crippen LogP contribution in [0.1, 0.15) is 18.4 Å². The molecular weight excluding hydrogens is 417 g/mol. The van der Waals surface area contributed by atoms with Crippen LogP contribution < -0.4 is 4.74 Å². The first-order chi connectivity index (χ1) is 14.2. The summed E-state index contributed by atoms with van der Waals surface area (Å²) in [5, 5.41) is 20.2. The number of hydrogen-bond acceptors (Lipinski definition) is 7. The lowest BCUT2D eigenvalue weighted by Crippen LogP contribution is -2.41. The first-order valence-electron chi connectivity index (χ1n) is 8.89. The van der Waals surface area contributed by atoms with Crippen LogP contribution in [0.15, 0.2) is 47.4 Å². The quantitative estimate of drug-likeness (QED) is 0.306. The second-order valence-corrected chi connectivity index (χ2v) is 8.48. The van der Waals surface area contributed by atoms with Crippen LogP contribution in [-0.2, 0) is 14.8 Å². The highest BCUT2D eigenvalue weighted by Crippen LogP contribution is 2.30. The van der Waals surface area contributed by atoms with Gasteiger partial charge in [0.1, 0.15) is 11.9 Å². The van der Waals surface area contributed by atoms with Gasteiger partial charge in [-0.25, -0.2) is 12.8 Å². The van der Waals surface area contributed by atoms with Gasteiger partial charge in [-0.1, -0.05) is 12.1 Å². The third kappa shape index (κ3) is 4.29. The van der Waals surface area contributed by atoms with Crippen molar-refractivity contribution in [1.29, 1.82) is 5.26 Å². The second-order valence-electron chi connectivity index (χ2n) is 6.58. The minimum Gasteiger partial charge on any atom is -0.419 e. The number of ether oxygens (including phenoxy) is 1. The summed E-state index contributed by atoms with van der Waals surface area (Å²) >= 11 is 0. The molecule has 1 fully saturated rings. The van der Waals surface area contributed by atoms with Crippen molar-refractivity contribution in [3.8, 4) is 11.8 Å². The molecule has 3 rings (SSSR count). The topological polar surface area (TPSA) is 131 Å². The summed E-state index contributed by atoms with van der Waals surface area (Å²) in [6, 6.07) is 10.2. The number of nitro benzene ring substituents is 1. The van der Waals surface area contributed by atoms with Crippen LogP contribution >= 0.6 is 0 Å². The molecular formula is C19H16FN3O6S. The number of halogens is 1. The van der Waals surface area contributed by atoms with Gasteiger partial charge in [0.05, 0.1) is 21.3 Å². The molecule has 0 aromatic heterocycles. The van der Waals surface area contributed by atoms with Crippen molar-refractivity contribution in [3.05, 3.63) is 64.0 Å². The molecule has 9 nitrogen and oxygen atoms in total. The van der Waals surface area contributed by atoms with Crippen LogP contribution in [0.3, 0.4) is 0 Å². The van der Waals surface area contributed by atoms with Crippen molar-refractivity contribution in [3.63, 3.8) is 0 Å². The van der Waals surface area contributed by atoms with Crippen LogP contribution in [0.5, 0.6) is 5.75 Å². The molecule has 0 amide bonds. The zero-order valence-electron chi connectivity index (χ0n) is 15.5. The van der Waals surface area contributed by atoms with Crippen LogP contribution in [0.25, 0.3) is 0 Å². The molecule has 156 valence electrons. The number of benzene rings is 2. The number of piperidine rings is 1. The van der Waals surface area contributed by atoms with Gasteiger partial charge in [-0.3, -0.25) is 14.9 Å². The molecule has 1 aliphatic heterocycles. The Bertz CT molecular complexity index is 1140. The van der Waals surface area contributed by atoms with Crippen molar-refractivity contribution in [2.75, 3.05) is 13.1 Å². The maximum Gasteiger partial charge on any atom is 0.314 e. The fourth-order valence-corrected chi connectivity index (χ4v) is 4.78. The van der Waals surface area contributed by atoms with Gasteiger partial charge in [0.15, 0.2) is 0 Å². The number of carbonyl (C=O) groups is 1. The third-order valence-corrected chi connectivity index (χ3v) is 6.70. The summed E-state index contributed by atoms with van der Waals surface area (Å²) in [6.45, 7) is 0.0141. The maximum absolute atomic E-state index is 13.4. The summed E-state index contributed by atoms with van der Waals surface area (Å²) in [5.41, 5.74) is -0.518. The van der Waals surface area contributed by atoms with E-state index in [2.05, 4.69) is 0 Å². The number of rotatable bonds is 5. The van der Waals surface area contributed by atoms with E-state index in [1.165, 1.54) is 22.5 Å². The predicted molar refractivity (Wildman–Crippen MR) is 101 cm³/mol. The van der Waals surface area contributed by atoms with E-state index in [1.54, 1.807) is 6.07 Å². The van der Waals surface area contributed by atoms with Crippen LogP contribution in [0.2, 0.25) is 0 Å². The highest BCUT2D eigenvalue weighted by molar-refractivity contribution is 7.89. The second kappa shape index (κ2) is 8.56. The lowest BCUT2D eigenvalue weighted by atomic mass is 9.98. The van der Waals surface area contributed by atoms with E-state index in [0.29, 0.717) is 0 Å². The van der Waals surface area contributed by atoms with Crippen molar-refractivity contribution in [1.82, 2.24) is 4.31 Å². The van der Waals surface area contributed by atoms with Gasteiger partial charge in [-0.15, -0.1) is 0 Å². The molecule has 1 aliphatic rings. The minimum absolute atomic E-state index is 0.00705. The van der Waals surface area contributed by atoms with Gasteiger partial charge in [-0.05, 0) is 31.0 Å². The number of nitriles is 1. The monoisotopic (exact) mass is 433 g/mol. The van der Waals surface area contributed by atoms with Gasteiger partial charge >= 0.3 is 11.7 Å². The van der Waals surface area contributed by atoms with E-state index in [1.807, 2.05) is 6.07 Å². The molecule has 1 saturated heterocycles. The standard InChI is InChI=1S/C19H16FN3O6S/c20-15-5-6-16(23(25)26)17(11-15)29-19(24)13-7-9-22(10-8-13)30(27,28)18-4-2-1-3-14(18)12-21/h1-6,11,13H,7-10H2. The number of esters is 1. The van der Waals surface area contributed by atoms with Crippen molar-refractivity contribution >= 4 is 21.7 Å². The lowest BCUT2D eigenvalue weighted by molar-refractivity contribution is -0.385. The van der Waals surface area contributed by atoms with Crippen LogP contribution in [-0.4, -0.2) is 36.7 Å². The first kappa shape index (κ1) is 21.4. The third-order valence-electron chi connectivity index (χ3n) is 4.74. The SMILES string of the molecule is N#Cc1ccccc1S(=O)(=O)N1CCC(C(=O)Oc2cc(F)ccc2[N+](=O)[O-])CC1. The van der Waals surface area contributed by atoms with Gasteiger partial charge in [0, 0.05) is 25.2 Å². The molecule has 0 radical (unpaired) electrons. The molecule has 0 aliphatic carbocycles. The lowest BCUT2D eigenvalue weighted by Gasteiger charge is -2.30. The first-order valence-corrected chi connectivity index (χ1v) is 10.3. The fourth-order valence-electron chi connectivity index (χ4n) is 3.17. The highest BCUT2D eigenvalue weighted by atomic mass is 32.2. The van der Waals surface area contributed by atoms with Crippen molar-refractivity contribution < 1.29 is 27.3 Å². The van der Waals surface area contributed by atoms with Gasteiger partial charge in [-0.2, -0.15) is 9.57 Å². The Hall–Kier alpha value is -3.36. The molecule has 0 unspecified atom stereocenters. The average molecular weight is 433 g/mol. The minimum atomic E-state index is -3.92. The Balaban J connectivity index is 1.70. The number of carbonyl (C=O) groups excluding carboxylic acids is 1. The average Bonchev–Trinajstić information content (AvgIpc) is 2.73. The Morgan fingerprint density at radius 1 is 1.23 bits per heavy atom.